The van der Waals surface area contributed by atoms with Gasteiger partial charge in [-0.3, -0.25) is 43.8 Å². The summed E-state index contributed by atoms with van der Waals surface area (Å²) in [6, 6.07) is -12.9. The van der Waals surface area contributed by atoms with Crippen molar-refractivity contribution >= 4 is 59.2 Å². The number of carboxylic acid groups (broad SMARTS) is 1. The van der Waals surface area contributed by atoms with Gasteiger partial charge in [-0.2, -0.15) is 0 Å². The summed E-state index contributed by atoms with van der Waals surface area (Å²) in [4.78, 5) is 117. The van der Waals surface area contributed by atoms with Crippen molar-refractivity contribution in [3.63, 3.8) is 0 Å². The number of hydrogen-bond acceptors (Lipinski definition) is 15. The van der Waals surface area contributed by atoms with Gasteiger partial charge in [0.1, 0.15) is 48.3 Å². The molecule has 26 heteroatoms. The van der Waals surface area contributed by atoms with Gasteiger partial charge < -0.3 is 85.3 Å². The van der Waals surface area contributed by atoms with Crippen LogP contribution < -0.4 is 59.7 Å². The molecule has 20 N–H and O–H groups in total. The van der Waals surface area contributed by atoms with Gasteiger partial charge in [-0.1, -0.05) is 48.0 Å². The molecule has 0 aromatic rings. The standard InChI is InChI=1S/C38H70N12O14/c1-9-17(6)24(48-31(57)20(11-10-12-43-38(41)42)45-32(58)21(13-15(2)3)46-33(59)23(39)27(53)16(4)5)34(60)49-25(19(8)52)35(61)44-18(7)30(56)50-26(28(54)29(40)55)36(62)47-22(14-51)37(63)64/h15-28,51-54H,9-14,39H2,1-8H3,(H2,40,55)(H,44,61)(H,45,58)(H,46,59)(H,47,62)(H,48,57)(H,49,60)(H,50,56)(H,63,64)(H4,41,42,43)/t17-,18+,19-,20+,21-,22-,23-,24-,25-,26-,27+,28-/m0/s1. The molecule has 0 aliphatic carbocycles. The summed E-state index contributed by atoms with van der Waals surface area (Å²) in [6.45, 7) is 11.4. The molecule has 0 fully saturated rings. The van der Waals surface area contributed by atoms with Crippen molar-refractivity contribution in [1.29, 1.82) is 5.41 Å². The third kappa shape index (κ3) is 19.8. The van der Waals surface area contributed by atoms with E-state index in [4.69, 9.17) is 27.7 Å². The fourth-order valence-electron chi connectivity index (χ4n) is 5.76. The van der Waals surface area contributed by atoms with Crippen LogP contribution in [-0.4, -0.2) is 165 Å². The Morgan fingerprint density at radius 1 is 0.625 bits per heavy atom. The quantitative estimate of drug-likeness (QED) is 0.0188. The van der Waals surface area contributed by atoms with Crippen molar-refractivity contribution in [1.82, 2.24) is 42.5 Å². The van der Waals surface area contributed by atoms with Gasteiger partial charge >= 0.3 is 5.97 Å². The van der Waals surface area contributed by atoms with E-state index in [1.165, 1.54) is 0 Å². The number of nitrogens with one attached hydrogen (secondary N) is 9. The number of carboxylic acids is 1. The normalized spacial score (nSPS) is 16.9. The predicted molar refractivity (Wildman–Crippen MR) is 228 cm³/mol. The topological polar surface area (TPSA) is 453 Å². The fraction of sp³-hybridized carbons (Fsp3) is 0.737. The van der Waals surface area contributed by atoms with Crippen LogP contribution >= 0.6 is 0 Å². The van der Waals surface area contributed by atoms with Crippen molar-refractivity contribution in [2.75, 3.05) is 13.2 Å². The number of carbonyl (C=O) groups excluding carboxylic acids is 8. The van der Waals surface area contributed by atoms with Gasteiger partial charge in [-0.15, -0.1) is 0 Å². The molecule has 64 heavy (non-hydrogen) atoms. The first kappa shape index (κ1) is 58.3. The Balaban J connectivity index is 6.42. The van der Waals surface area contributed by atoms with Crippen LogP contribution in [-0.2, 0) is 43.2 Å². The molecule has 0 spiro atoms. The second-order valence-corrected chi connectivity index (χ2v) is 16.2. The number of hydrogen-bond donors (Lipinski definition) is 17. The van der Waals surface area contributed by atoms with Gasteiger partial charge in [0.05, 0.1) is 18.8 Å². The molecule has 0 aliphatic rings. The Morgan fingerprint density at radius 3 is 1.58 bits per heavy atom. The minimum atomic E-state index is -2.40. The molecule has 0 unspecified atom stereocenters. The lowest BCUT2D eigenvalue weighted by molar-refractivity contribution is -0.145. The number of primary amides is 1. The van der Waals surface area contributed by atoms with Crippen LogP contribution in [0.4, 0.5) is 0 Å². The minimum Gasteiger partial charge on any atom is -0.480 e. The van der Waals surface area contributed by atoms with Crippen LogP contribution in [0.5, 0.6) is 0 Å². The molecular formula is C38H70N12O14. The number of aliphatic hydroxyl groups is 4. The molecule has 12 atom stereocenters. The highest BCUT2D eigenvalue weighted by Crippen LogP contribution is 2.13. The average Bonchev–Trinajstić information content (AvgIpc) is 3.21. The van der Waals surface area contributed by atoms with Gasteiger partial charge in [0.25, 0.3) is 0 Å². The van der Waals surface area contributed by atoms with Gasteiger partial charge in [-0.25, -0.2) is 4.79 Å². The first-order chi connectivity index (χ1) is 29.6. The third-order valence-electron chi connectivity index (χ3n) is 9.90. The Hall–Kier alpha value is -5.70. The number of nitrogens with two attached hydrogens (primary N) is 3. The summed E-state index contributed by atoms with van der Waals surface area (Å²) in [5.41, 5.74) is 16.4. The zero-order valence-corrected chi connectivity index (χ0v) is 37.5. The first-order valence-electron chi connectivity index (χ1n) is 20.7. The Kier molecular flexibility index (Phi) is 25.7. The molecule has 0 rings (SSSR count). The molecule has 0 saturated heterocycles. The summed E-state index contributed by atoms with van der Waals surface area (Å²) in [5, 5.41) is 75.5. The zero-order valence-electron chi connectivity index (χ0n) is 37.5. The number of guanidine groups is 1. The van der Waals surface area contributed by atoms with Crippen molar-refractivity contribution < 1.29 is 68.7 Å². The van der Waals surface area contributed by atoms with Gasteiger partial charge in [0, 0.05) is 6.54 Å². The molecule has 0 heterocycles. The summed E-state index contributed by atoms with van der Waals surface area (Å²) in [6.07, 6.45) is -4.79. The molecule has 0 bridgehead atoms. The Bertz CT molecular complexity index is 1630. The summed E-state index contributed by atoms with van der Waals surface area (Å²) in [7, 11) is 0. The van der Waals surface area contributed by atoms with Gasteiger partial charge in [0.2, 0.25) is 47.3 Å². The van der Waals surface area contributed by atoms with Gasteiger partial charge in [0.15, 0.2) is 12.1 Å². The Morgan fingerprint density at radius 2 is 1.11 bits per heavy atom. The van der Waals surface area contributed by atoms with E-state index < -0.39 is 132 Å². The lowest BCUT2D eigenvalue weighted by Gasteiger charge is -2.30. The van der Waals surface area contributed by atoms with E-state index in [1.54, 1.807) is 41.5 Å². The third-order valence-corrected chi connectivity index (χ3v) is 9.90. The largest absolute Gasteiger partial charge is 0.480 e. The van der Waals surface area contributed by atoms with Crippen LogP contribution in [0, 0.1) is 23.2 Å². The van der Waals surface area contributed by atoms with E-state index >= 15 is 0 Å². The highest BCUT2D eigenvalue weighted by atomic mass is 16.4. The van der Waals surface area contributed by atoms with Crippen molar-refractivity contribution in [3.05, 3.63) is 0 Å². The van der Waals surface area contributed by atoms with Crippen LogP contribution in [0.2, 0.25) is 0 Å². The van der Waals surface area contributed by atoms with E-state index in [1.807, 2.05) is 10.6 Å². The molecule has 8 amide bonds. The maximum absolute atomic E-state index is 14.0. The van der Waals surface area contributed by atoms with Crippen LogP contribution in [0.1, 0.15) is 81.1 Å². The number of carbonyl (C=O) groups is 9. The molecule has 0 aromatic carbocycles. The molecule has 0 radical (unpaired) electrons. The van der Waals surface area contributed by atoms with E-state index in [0.29, 0.717) is 0 Å². The van der Waals surface area contributed by atoms with E-state index in [2.05, 4.69) is 31.9 Å². The smallest absolute Gasteiger partial charge is 0.328 e. The van der Waals surface area contributed by atoms with Crippen LogP contribution in [0.3, 0.4) is 0 Å². The number of amides is 8. The van der Waals surface area contributed by atoms with Gasteiger partial charge in [-0.05, 0) is 50.9 Å². The van der Waals surface area contributed by atoms with Crippen molar-refractivity contribution in [3.8, 4) is 0 Å². The molecule has 0 aromatic heterocycles. The van der Waals surface area contributed by atoms with E-state index in [0.717, 1.165) is 13.8 Å². The minimum absolute atomic E-state index is 0.0696. The van der Waals surface area contributed by atoms with E-state index in [-0.39, 0.29) is 50.0 Å². The lowest BCUT2D eigenvalue weighted by Crippen LogP contribution is -2.63. The SMILES string of the molecule is CC[C@H](C)[C@H](NC(=O)[C@@H](CCCNC(=N)N)NC(=O)[C@H](CC(C)C)NC(=O)[C@@H](N)[C@H](O)C(C)C)C(=O)N[C@H](C(=O)N[C@H](C)C(=O)N[C@H](C(=O)N[C@@H](CO)C(=O)O)[C@H](O)C(N)=O)[C@H](C)O. The number of rotatable bonds is 29. The summed E-state index contributed by atoms with van der Waals surface area (Å²) in [5.74, 6) is -12.0. The predicted octanol–water partition coefficient (Wildman–Crippen LogP) is -6.60. The zero-order chi connectivity index (χ0) is 49.8. The van der Waals surface area contributed by atoms with Crippen molar-refractivity contribution in [2.24, 2.45) is 35.0 Å². The van der Waals surface area contributed by atoms with Crippen LogP contribution in [0.25, 0.3) is 0 Å². The summed E-state index contributed by atoms with van der Waals surface area (Å²) >= 11 is 0. The second-order valence-electron chi connectivity index (χ2n) is 16.2. The number of aliphatic carboxylic acids is 1. The maximum atomic E-state index is 14.0. The second kappa shape index (κ2) is 28.2. The monoisotopic (exact) mass is 919 g/mol. The molecule has 0 saturated carbocycles. The average molecular weight is 919 g/mol. The highest BCUT2D eigenvalue weighted by molar-refractivity contribution is 5.99. The first-order valence-corrected chi connectivity index (χ1v) is 20.7. The Labute approximate surface area is 371 Å². The molecule has 366 valence electrons. The molecular weight excluding hydrogens is 848 g/mol. The molecule has 0 aliphatic heterocycles. The van der Waals surface area contributed by atoms with Crippen LogP contribution in [0.15, 0.2) is 0 Å². The van der Waals surface area contributed by atoms with Crippen molar-refractivity contribution in [2.45, 2.75) is 148 Å². The fourth-order valence-corrected chi connectivity index (χ4v) is 5.76. The highest BCUT2D eigenvalue weighted by Gasteiger charge is 2.38. The molecule has 26 nitrogen and oxygen atoms in total. The van der Waals surface area contributed by atoms with E-state index in [9.17, 15) is 63.6 Å². The number of aliphatic hydroxyl groups excluding tert-OH is 4. The summed E-state index contributed by atoms with van der Waals surface area (Å²) < 4.78 is 0. The lowest BCUT2D eigenvalue weighted by atomic mass is 9.96. The maximum Gasteiger partial charge on any atom is 0.328 e.